The molecule has 0 saturated heterocycles. The molecular formula is C14H15ClN2O. The molecule has 0 aliphatic carbocycles. The van der Waals surface area contributed by atoms with Crippen LogP contribution in [-0.2, 0) is 6.61 Å². The summed E-state index contributed by atoms with van der Waals surface area (Å²) in [6, 6.07) is 9.57. The number of anilines is 1. The molecule has 1 heterocycles. The minimum Gasteiger partial charge on any atom is -0.486 e. The fourth-order valence-electron chi connectivity index (χ4n) is 1.59. The Morgan fingerprint density at radius 2 is 2.11 bits per heavy atom. The maximum Gasteiger partial charge on any atom is 0.138 e. The summed E-state index contributed by atoms with van der Waals surface area (Å²) in [5, 5.41) is 3.68. The van der Waals surface area contributed by atoms with Gasteiger partial charge in [-0.05, 0) is 36.8 Å². The number of pyridine rings is 1. The Morgan fingerprint density at radius 3 is 2.89 bits per heavy atom. The molecule has 0 atom stereocenters. The van der Waals surface area contributed by atoms with Crippen LogP contribution in [0.3, 0.4) is 0 Å². The van der Waals surface area contributed by atoms with Gasteiger partial charge in [-0.2, -0.15) is 0 Å². The van der Waals surface area contributed by atoms with Crippen molar-refractivity contribution in [2.75, 3.05) is 12.4 Å². The van der Waals surface area contributed by atoms with Gasteiger partial charge in [-0.1, -0.05) is 17.7 Å². The number of aromatic nitrogens is 1. The van der Waals surface area contributed by atoms with E-state index in [-0.39, 0.29) is 0 Å². The number of hydrogen-bond donors (Lipinski definition) is 1. The van der Waals surface area contributed by atoms with Crippen LogP contribution in [0.15, 0.2) is 36.5 Å². The fourth-order valence-corrected chi connectivity index (χ4v) is 1.76. The zero-order chi connectivity index (χ0) is 13.0. The van der Waals surface area contributed by atoms with Crippen molar-refractivity contribution in [1.82, 2.24) is 4.98 Å². The molecule has 0 fully saturated rings. The molecule has 2 rings (SSSR count). The van der Waals surface area contributed by atoms with Gasteiger partial charge < -0.3 is 10.1 Å². The molecule has 4 heteroatoms. The van der Waals surface area contributed by atoms with Crippen LogP contribution < -0.4 is 10.1 Å². The van der Waals surface area contributed by atoms with Crippen LogP contribution in [0.4, 0.5) is 5.69 Å². The zero-order valence-corrected chi connectivity index (χ0v) is 11.2. The topological polar surface area (TPSA) is 34.2 Å². The highest BCUT2D eigenvalue weighted by molar-refractivity contribution is 6.32. The van der Waals surface area contributed by atoms with Crippen molar-refractivity contribution >= 4 is 17.3 Å². The van der Waals surface area contributed by atoms with Crippen molar-refractivity contribution in [3.05, 3.63) is 52.8 Å². The number of rotatable bonds is 4. The Labute approximate surface area is 112 Å². The number of benzene rings is 1. The van der Waals surface area contributed by atoms with Gasteiger partial charge >= 0.3 is 0 Å². The van der Waals surface area contributed by atoms with E-state index in [9.17, 15) is 0 Å². The van der Waals surface area contributed by atoms with Gasteiger partial charge in [-0.25, -0.2) is 0 Å². The Balaban J connectivity index is 2.08. The van der Waals surface area contributed by atoms with Crippen molar-refractivity contribution in [3.8, 4) is 5.75 Å². The lowest BCUT2D eigenvalue weighted by molar-refractivity contribution is 0.301. The van der Waals surface area contributed by atoms with Gasteiger partial charge in [-0.3, -0.25) is 4.98 Å². The Hall–Kier alpha value is -1.74. The first-order valence-corrected chi connectivity index (χ1v) is 6.08. The van der Waals surface area contributed by atoms with E-state index >= 15 is 0 Å². The van der Waals surface area contributed by atoms with Crippen LogP contribution in [-0.4, -0.2) is 12.0 Å². The van der Waals surface area contributed by atoms with Crippen molar-refractivity contribution in [1.29, 1.82) is 0 Å². The molecule has 0 unspecified atom stereocenters. The van der Waals surface area contributed by atoms with Crippen LogP contribution in [0.5, 0.6) is 5.75 Å². The number of halogens is 1. The molecule has 0 saturated carbocycles. The first-order valence-electron chi connectivity index (χ1n) is 5.70. The standard InChI is InChI=1S/C14H15ClN2O/c1-10-3-4-13(15)14(7-10)18-9-12-8-11(16-2)5-6-17-12/h3-8H,9H2,1-2H3,(H,16,17). The second kappa shape index (κ2) is 5.74. The van der Waals surface area contributed by atoms with Crippen LogP contribution >= 0.6 is 11.6 Å². The number of nitrogens with one attached hydrogen (secondary N) is 1. The third-order valence-corrected chi connectivity index (χ3v) is 2.88. The highest BCUT2D eigenvalue weighted by atomic mass is 35.5. The average Bonchev–Trinajstić information content (AvgIpc) is 2.40. The SMILES string of the molecule is CNc1ccnc(COc2cc(C)ccc2Cl)c1. The van der Waals surface area contributed by atoms with Gasteiger partial charge in [0.1, 0.15) is 12.4 Å². The van der Waals surface area contributed by atoms with Crippen molar-refractivity contribution in [2.45, 2.75) is 13.5 Å². The highest BCUT2D eigenvalue weighted by Crippen LogP contribution is 2.26. The Kier molecular flexibility index (Phi) is 4.05. The van der Waals surface area contributed by atoms with E-state index in [2.05, 4.69) is 10.3 Å². The summed E-state index contributed by atoms with van der Waals surface area (Å²) in [4.78, 5) is 4.25. The number of hydrogen-bond acceptors (Lipinski definition) is 3. The molecule has 0 bridgehead atoms. The van der Waals surface area contributed by atoms with Crippen LogP contribution in [0.1, 0.15) is 11.3 Å². The molecule has 0 radical (unpaired) electrons. The van der Waals surface area contributed by atoms with E-state index in [1.165, 1.54) is 0 Å². The summed E-state index contributed by atoms with van der Waals surface area (Å²) < 4.78 is 5.68. The lowest BCUT2D eigenvalue weighted by Crippen LogP contribution is -2.00. The molecule has 18 heavy (non-hydrogen) atoms. The van der Waals surface area contributed by atoms with Crippen LogP contribution in [0.2, 0.25) is 5.02 Å². The first-order chi connectivity index (χ1) is 8.69. The molecule has 2 aromatic rings. The van der Waals surface area contributed by atoms with Gasteiger partial charge in [0.15, 0.2) is 0 Å². The summed E-state index contributed by atoms with van der Waals surface area (Å²) >= 11 is 6.06. The van der Waals surface area contributed by atoms with E-state index in [0.717, 1.165) is 16.9 Å². The minimum atomic E-state index is 0.401. The predicted octanol–water partition coefficient (Wildman–Crippen LogP) is 3.66. The maximum absolute atomic E-state index is 6.06. The molecule has 0 amide bonds. The molecular weight excluding hydrogens is 248 g/mol. The summed E-state index contributed by atoms with van der Waals surface area (Å²) in [6.07, 6.45) is 1.75. The fraction of sp³-hybridized carbons (Fsp3) is 0.214. The lowest BCUT2D eigenvalue weighted by atomic mass is 10.2. The molecule has 0 aliphatic rings. The maximum atomic E-state index is 6.06. The van der Waals surface area contributed by atoms with Crippen molar-refractivity contribution in [3.63, 3.8) is 0 Å². The van der Waals surface area contributed by atoms with Gasteiger partial charge in [0.2, 0.25) is 0 Å². The Bertz CT molecular complexity index is 543. The number of nitrogens with zero attached hydrogens (tertiary/aromatic N) is 1. The largest absolute Gasteiger partial charge is 0.486 e. The van der Waals surface area contributed by atoms with E-state index < -0.39 is 0 Å². The lowest BCUT2D eigenvalue weighted by Gasteiger charge is -2.09. The molecule has 94 valence electrons. The van der Waals surface area contributed by atoms with Gasteiger partial charge in [0.25, 0.3) is 0 Å². The monoisotopic (exact) mass is 262 g/mol. The Morgan fingerprint density at radius 1 is 1.28 bits per heavy atom. The average molecular weight is 263 g/mol. The third-order valence-electron chi connectivity index (χ3n) is 2.57. The normalized spacial score (nSPS) is 10.2. The van der Waals surface area contributed by atoms with E-state index in [4.69, 9.17) is 16.3 Å². The van der Waals surface area contributed by atoms with Crippen LogP contribution in [0.25, 0.3) is 0 Å². The number of ether oxygens (including phenoxy) is 1. The third kappa shape index (κ3) is 3.14. The molecule has 1 aromatic carbocycles. The smallest absolute Gasteiger partial charge is 0.138 e. The summed E-state index contributed by atoms with van der Waals surface area (Å²) in [6.45, 7) is 2.40. The van der Waals surface area contributed by atoms with Gasteiger partial charge in [-0.15, -0.1) is 0 Å². The van der Waals surface area contributed by atoms with E-state index in [1.807, 2.05) is 44.3 Å². The van der Waals surface area contributed by atoms with E-state index in [0.29, 0.717) is 17.4 Å². The second-order valence-corrected chi connectivity index (χ2v) is 4.42. The summed E-state index contributed by atoms with van der Waals surface area (Å²) in [7, 11) is 1.87. The highest BCUT2D eigenvalue weighted by Gasteiger charge is 2.03. The molecule has 1 aromatic heterocycles. The van der Waals surface area contributed by atoms with Gasteiger partial charge in [0.05, 0.1) is 10.7 Å². The van der Waals surface area contributed by atoms with Crippen molar-refractivity contribution in [2.24, 2.45) is 0 Å². The van der Waals surface area contributed by atoms with Crippen LogP contribution in [0, 0.1) is 6.92 Å². The zero-order valence-electron chi connectivity index (χ0n) is 10.4. The molecule has 0 aliphatic heterocycles. The number of aryl methyl sites for hydroxylation is 1. The molecule has 3 nitrogen and oxygen atoms in total. The molecule has 0 spiro atoms. The second-order valence-electron chi connectivity index (χ2n) is 4.01. The van der Waals surface area contributed by atoms with Gasteiger partial charge in [0, 0.05) is 18.9 Å². The summed E-state index contributed by atoms with van der Waals surface area (Å²) in [5.41, 5.74) is 2.99. The predicted molar refractivity (Wildman–Crippen MR) is 74.3 cm³/mol. The quantitative estimate of drug-likeness (QED) is 0.913. The molecule has 1 N–H and O–H groups in total. The first kappa shape index (κ1) is 12.7. The van der Waals surface area contributed by atoms with E-state index in [1.54, 1.807) is 6.20 Å². The van der Waals surface area contributed by atoms with Crippen molar-refractivity contribution < 1.29 is 4.74 Å². The summed E-state index contributed by atoms with van der Waals surface area (Å²) in [5.74, 6) is 0.688. The minimum absolute atomic E-state index is 0.401.